The quantitative estimate of drug-likeness (QED) is 0.922. The SMILES string of the molecule is CNC(CC1CCS(=O)(=O)C1)c1ccc(F)cc1C. The summed E-state index contributed by atoms with van der Waals surface area (Å²) in [6.07, 6.45) is 1.52. The molecule has 1 heterocycles. The highest BCUT2D eigenvalue weighted by atomic mass is 32.2. The van der Waals surface area contributed by atoms with Crippen LogP contribution in [0.3, 0.4) is 0 Å². The molecule has 5 heteroatoms. The molecule has 0 aromatic heterocycles. The molecule has 106 valence electrons. The second-order valence-electron chi connectivity index (χ2n) is 5.35. The Morgan fingerprint density at radius 3 is 2.74 bits per heavy atom. The van der Waals surface area contributed by atoms with E-state index in [0.29, 0.717) is 5.75 Å². The Balaban J connectivity index is 2.12. The van der Waals surface area contributed by atoms with Gasteiger partial charge in [0, 0.05) is 6.04 Å². The molecule has 0 spiro atoms. The molecule has 2 rings (SSSR count). The summed E-state index contributed by atoms with van der Waals surface area (Å²) in [6, 6.07) is 4.84. The van der Waals surface area contributed by atoms with Crippen LogP contribution in [0.25, 0.3) is 0 Å². The second kappa shape index (κ2) is 5.59. The fourth-order valence-electron chi connectivity index (χ4n) is 2.82. The van der Waals surface area contributed by atoms with Crippen LogP contribution < -0.4 is 5.32 Å². The summed E-state index contributed by atoms with van der Waals surface area (Å²) in [4.78, 5) is 0. The van der Waals surface area contributed by atoms with E-state index in [2.05, 4.69) is 5.32 Å². The van der Waals surface area contributed by atoms with Gasteiger partial charge in [-0.25, -0.2) is 12.8 Å². The van der Waals surface area contributed by atoms with Crippen LogP contribution in [-0.4, -0.2) is 27.0 Å². The molecule has 0 bridgehead atoms. The molecule has 19 heavy (non-hydrogen) atoms. The molecule has 0 radical (unpaired) electrons. The van der Waals surface area contributed by atoms with Crippen LogP contribution in [0.15, 0.2) is 18.2 Å². The van der Waals surface area contributed by atoms with Gasteiger partial charge in [-0.05, 0) is 56.0 Å². The van der Waals surface area contributed by atoms with Crippen LogP contribution in [0.5, 0.6) is 0 Å². The van der Waals surface area contributed by atoms with Crippen molar-refractivity contribution in [3.8, 4) is 0 Å². The lowest BCUT2D eigenvalue weighted by Gasteiger charge is -2.21. The van der Waals surface area contributed by atoms with Gasteiger partial charge in [0.05, 0.1) is 11.5 Å². The van der Waals surface area contributed by atoms with Crippen LogP contribution in [0.2, 0.25) is 0 Å². The minimum absolute atomic E-state index is 0.0823. The van der Waals surface area contributed by atoms with E-state index in [1.165, 1.54) is 12.1 Å². The number of rotatable bonds is 4. The Hall–Kier alpha value is -0.940. The van der Waals surface area contributed by atoms with Crippen LogP contribution in [-0.2, 0) is 9.84 Å². The number of aryl methyl sites for hydroxylation is 1. The Bertz CT molecular complexity index is 557. The molecule has 1 aromatic rings. The second-order valence-corrected chi connectivity index (χ2v) is 7.58. The van der Waals surface area contributed by atoms with Gasteiger partial charge in [-0.1, -0.05) is 6.07 Å². The zero-order valence-corrected chi connectivity index (χ0v) is 12.1. The first-order valence-corrected chi connectivity index (χ1v) is 8.37. The van der Waals surface area contributed by atoms with Crippen LogP contribution in [0, 0.1) is 18.7 Å². The number of hydrogen-bond acceptors (Lipinski definition) is 3. The fourth-order valence-corrected chi connectivity index (χ4v) is 4.70. The van der Waals surface area contributed by atoms with E-state index in [-0.39, 0.29) is 23.5 Å². The summed E-state index contributed by atoms with van der Waals surface area (Å²) in [5.74, 6) is 0.550. The molecule has 0 aliphatic carbocycles. The lowest BCUT2D eigenvalue weighted by atomic mass is 9.92. The molecular weight excluding hydrogens is 265 g/mol. The minimum atomic E-state index is -2.84. The number of sulfone groups is 1. The first kappa shape index (κ1) is 14.5. The lowest BCUT2D eigenvalue weighted by molar-refractivity contribution is 0.435. The molecule has 1 N–H and O–H groups in total. The van der Waals surface area contributed by atoms with Crippen molar-refractivity contribution in [1.29, 1.82) is 0 Å². The number of benzene rings is 1. The predicted octanol–water partition coefficient (Wildman–Crippen LogP) is 2.22. The van der Waals surface area contributed by atoms with E-state index in [1.807, 2.05) is 14.0 Å². The molecule has 1 aliphatic heterocycles. The topological polar surface area (TPSA) is 46.2 Å². The molecule has 3 nitrogen and oxygen atoms in total. The zero-order valence-electron chi connectivity index (χ0n) is 11.3. The van der Waals surface area contributed by atoms with Gasteiger partial charge in [0.2, 0.25) is 0 Å². The molecule has 0 amide bonds. The lowest BCUT2D eigenvalue weighted by Crippen LogP contribution is -2.21. The maximum absolute atomic E-state index is 13.1. The average molecular weight is 285 g/mol. The van der Waals surface area contributed by atoms with Crippen molar-refractivity contribution in [2.24, 2.45) is 5.92 Å². The van der Waals surface area contributed by atoms with Gasteiger partial charge in [0.15, 0.2) is 9.84 Å². The normalized spacial score (nSPS) is 23.4. The van der Waals surface area contributed by atoms with E-state index in [1.54, 1.807) is 6.07 Å². The fraction of sp³-hybridized carbons (Fsp3) is 0.571. The van der Waals surface area contributed by atoms with Crippen LogP contribution in [0.1, 0.15) is 30.0 Å². The highest BCUT2D eigenvalue weighted by molar-refractivity contribution is 7.91. The number of nitrogens with one attached hydrogen (secondary N) is 1. The molecule has 1 fully saturated rings. The number of halogens is 1. The summed E-state index contributed by atoms with van der Waals surface area (Å²) in [7, 11) is -0.978. The smallest absolute Gasteiger partial charge is 0.150 e. The Morgan fingerprint density at radius 2 is 2.21 bits per heavy atom. The van der Waals surface area contributed by atoms with Crippen molar-refractivity contribution < 1.29 is 12.8 Å². The van der Waals surface area contributed by atoms with E-state index >= 15 is 0 Å². The van der Waals surface area contributed by atoms with Crippen molar-refractivity contribution >= 4 is 9.84 Å². The van der Waals surface area contributed by atoms with Gasteiger partial charge in [-0.3, -0.25) is 0 Å². The molecule has 1 aliphatic rings. The summed E-state index contributed by atoms with van der Waals surface area (Å²) in [5, 5.41) is 3.22. The molecular formula is C14H20FNO2S. The minimum Gasteiger partial charge on any atom is -0.313 e. The van der Waals surface area contributed by atoms with Crippen LogP contribution in [0.4, 0.5) is 4.39 Å². The zero-order chi connectivity index (χ0) is 14.0. The largest absolute Gasteiger partial charge is 0.313 e. The third-order valence-corrected chi connectivity index (χ3v) is 5.69. The summed E-state index contributed by atoms with van der Waals surface area (Å²) < 4.78 is 36.1. The summed E-state index contributed by atoms with van der Waals surface area (Å²) in [6.45, 7) is 1.88. The van der Waals surface area contributed by atoms with Gasteiger partial charge >= 0.3 is 0 Å². The molecule has 0 saturated carbocycles. The molecule has 2 atom stereocenters. The first-order valence-electron chi connectivity index (χ1n) is 6.55. The van der Waals surface area contributed by atoms with E-state index in [4.69, 9.17) is 0 Å². The first-order chi connectivity index (χ1) is 8.91. The molecule has 2 unspecified atom stereocenters. The third kappa shape index (κ3) is 3.54. The monoisotopic (exact) mass is 285 g/mol. The van der Waals surface area contributed by atoms with Gasteiger partial charge in [-0.2, -0.15) is 0 Å². The Labute approximate surface area is 114 Å². The third-order valence-electron chi connectivity index (χ3n) is 3.85. The highest BCUT2D eigenvalue weighted by Gasteiger charge is 2.30. The van der Waals surface area contributed by atoms with Crippen molar-refractivity contribution in [1.82, 2.24) is 5.32 Å². The molecule has 1 saturated heterocycles. The van der Waals surface area contributed by atoms with Crippen molar-refractivity contribution in [3.63, 3.8) is 0 Å². The molecule has 1 aromatic carbocycles. The van der Waals surface area contributed by atoms with E-state index in [0.717, 1.165) is 24.0 Å². The average Bonchev–Trinajstić information content (AvgIpc) is 2.66. The van der Waals surface area contributed by atoms with Crippen molar-refractivity contribution in [2.45, 2.75) is 25.8 Å². The standard InChI is InChI=1S/C14H20FNO2S/c1-10-7-12(15)3-4-13(10)14(16-2)8-11-5-6-19(17,18)9-11/h3-4,7,11,14,16H,5-6,8-9H2,1-2H3. The maximum Gasteiger partial charge on any atom is 0.150 e. The van der Waals surface area contributed by atoms with E-state index < -0.39 is 9.84 Å². The van der Waals surface area contributed by atoms with Crippen molar-refractivity contribution in [3.05, 3.63) is 35.1 Å². The highest BCUT2D eigenvalue weighted by Crippen LogP contribution is 2.30. The van der Waals surface area contributed by atoms with Gasteiger partial charge in [0.25, 0.3) is 0 Å². The maximum atomic E-state index is 13.1. The van der Waals surface area contributed by atoms with E-state index in [9.17, 15) is 12.8 Å². The number of hydrogen-bond donors (Lipinski definition) is 1. The van der Waals surface area contributed by atoms with Crippen LogP contribution >= 0.6 is 0 Å². The Morgan fingerprint density at radius 1 is 1.47 bits per heavy atom. The summed E-state index contributed by atoms with van der Waals surface area (Å²) >= 11 is 0. The van der Waals surface area contributed by atoms with Gasteiger partial charge < -0.3 is 5.32 Å². The van der Waals surface area contributed by atoms with Gasteiger partial charge in [-0.15, -0.1) is 0 Å². The van der Waals surface area contributed by atoms with Crippen molar-refractivity contribution in [2.75, 3.05) is 18.6 Å². The Kier molecular flexibility index (Phi) is 4.26. The summed E-state index contributed by atoms with van der Waals surface area (Å²) in [5.41, 5.74) is 1.95. The predicted molar refractivity (Wildman–Crippen MR) is 74.3 cm³/mol. The van der Waals surface area contributed by atoms with Gasteiger partial charge in [0.1, 0.15) is 5.82 Å².